The number of rotatable bonds is 3. The Morgan fingerprint density at radius 3 is 2.83 bits per heavy atom. The van der Waals surface area contributed by atoms with Crippen LogP contribution in [0.25, 0.3) is 6.08 Å². The van der Waals surface area contributed by atoms with E-state index in [2.05, 4.69) is 23.6 Å². The molecule has 1 amide bonds. The van der Waals surface area contributed by atoms with Crippen LogP contribution in [0.5, 0.6) is 0 Å². The van der Waals surface area contributed by atoms with Crippen LogP contribution in [0.1, 0.15) is 27.8 Å². The van der Waals surface area contributed by atoms with Gasteiger partial charge >= 0.3 is 0 Å². The maximum atomic E-state index is 12.8. The van der Waals surface area contributed by atoms with E-state index in [1.165, 1.54) is 10.4 Å². The fourth-order valence-electron chi connectivity index (χ4n) is 3.18. The largest absolute Gasteiger partial charge is 0.465 e. The van der Waals surface area contributed by atoms with E-state index in [0.29, 0.717) is 5.76 Å². The van der Waals surface area contributed by atoms with Crippen molar-refractivity contribution in [3.8, 4) is 0 Å². The van der Waals surface area contributed by atoms with E-state index in [9.17, 15) is 4.79 Å². The van der Waals surface area contributed by atoms with Gasteiger partial charge in [-0.15, -0.1) is 11.3 Å². The highest BCUT2D eigenvalue weighted by Crippen LogP contribution is 2.37. The molecule has 1 aliphatic heterocycles. The number of carbonyl (C=O) groups is 1. The first-order valence-corrected chi connectivity index (χ1v) is 8.84. The third-order valence-corrected chi connectivity index (χ3v) is 5.29. The Hall–Kier alpha value is -2.59. The van der Waals surface area contributed by atoms with Crippen LogP contribution in [0, 0.1) is 0 Å². The van der Waals surface area contributed by atoms with E-state index in [4.69, 9.17) is 4.42 Å². The van der Waals surface area contributed by atoms with Gasteiger partial charge in [0.15, 0.2) is 0 Å². The number of hydrogen-bond acceptors (Lipinski definition) is 3. The van der Waals surface area contributed by atoms with Gasteiger partial charge < -0.3 is 9.32 Å². The number of benzene rings is 1. The second-order valence-corrected chi connectivity index (χ2v) is 6.74. The molecule has 2 aromatic heterocycles. The molecular weight excluding hydrogens is 318 g/mol. The minimum atomic E-state index is -0.0186. The first kappa shape index (κ1) is 15.0. The monoisotopic (exact) mass is 335 g/mol. The number of nitrogens with zero attached hydrogens (tertiary/aromatic N) is 1. The van der Waals surface area contributed by atoms with Crippen molar-refractivity contribution in [3.63, 3.8) is 0 Å². The van der Waals surface area contributed by atoms with Crippen LogP contribution in [0.15, 0.2) is 70.7 Å². The van der Waals surface area contributed by atoms with Gasteiger partial charge in [-0.1, -0.05) is 30.3 Å². The zero-order valence-electron chi connectivity index (χ0n) is 13.1. The number of fused-ring (bicyclic) bond motifs is 1. The minimum absolute atomic E-state index is 0.0112. The molecular formula is C20H17NO2S. The van der Waals surface area contributed by atoms with Crippen LogP contribution in [0.4, 0.5) is 0 Å². The average Bonchev–Trinajstić information content (AvgIpc) is 3.30. The molecule has 0 aliphatic carbocycles. The molecule has 1 aromatic carbocycles. The van der Waals surface area contributed by atoms with Crippen molar-refractivity contribution in [2.24, 2.45) is 0 Å². The molecule has 24 heavy (non-hydrogen) atoms. The Morgan fingerprint density at radius 1 is 1.17 bits per heavy atom. The number of thiophene rings is 1. The van der Waals surface area contributed by atoms with Crippen molar-refractivity contribution in [2.45, 2.75) is 12.5 Å². The van der Waals surface area contributed by atoms with Gasteiger partial charge in [-0.2, -0.15) is 0 Å². The topological polar surface area (TPSA) is 33.5 Å². The number of carbonyl (C=O) groups excluding carboxylic acids is 1. The molecule has 0 spiro atoms. The molecule has 0 saturated heterocycles. The van der Waals surface area contributed by atoms with Crippen LogP contribution in [0.2, 0.25) is 0 Å². The van der Waals surface area contributed by atoms with Crippen LogP contribution in [-0.4, -0.2) is 17.4 Å². The fourth-order valence-corrected chi connectivity index (χ4v) is 4.09. The molecule has 0 saturated carbocycles. The van der Waals surface area contributed by atoms with E-state index >= 15 is 0 Å². The van der Waals surface area contributed by atoms with Gasteiger partial charge in [0.2, 0.25) is 5.91 Å². The van der Waals surface area contributed by atoms with Gasteiger partial charge in [0.25, 0.3) is 0 Å². The Labute approximate surface area is 144 Å². The highest BCUT2D eigenvalue weighted by atomic mass is 32.1. The van der Waals surface area contributed by atoms with Gasteiger partial charge in [-0.3, -0.25) is 4.79 Å². The van der Waals surface area contributed by atoms with E-state index in [-0.39, 0.29) is 11.9 Å². The minimum Gasteiger partial charge on any atom is -0.465 e. The summed E-state index contributed by atoms with van der Waals surface area (Å²) in [7, 11) is 0. The zero-order valence-corrected chi connectivity index (χ0v) is 13.9. The van der Waals surface area contributed by atoms with Crippen molar-refractivity contribution in [2.75, 3.05) is 6.54 Å². The molecule has 3 aromatic rings. The summed E-state index contributed by atoms with van der Waals surface area (Å²) in [5, 5.41) is 2.12. The molecule has 4 heteroatoms. The Bertz CT molecular complexity index is 849. The molecule has 0 fully saturated rings. The molecule has 3 nitrogen and oxygen atoms in total. The molecule has 0 radical (unpaired) electrons. The van der Waals surface area contributed by atoms with E-state index in [1.54, 1.807) is 29.8 Å². The standard InChI is InChI=1S/C20H17NO2S/c22-19(9-8-16-7-4-13-23-16)21-12-10-18-17(11-14-24-18)20(21)15-5-2-1-3-6-15/h1-9,11,13-14,20H,10,12H2/b9-8+. The first-order chi connectivity index (χ1) is 11.8. The summed E-state index contributed by atoms with van der Waals surface area (Å²) in [5.74, 6) is 0.699. The lowest BCUT2D eigenvalue weighted by Crippen LogP contribution is -2.39. The lowest BCUT2D eigenvalue weighted by molar-refractivity contribution is -0.127. The predicted octanol–water partition coefficient (Wildman–Crippen LogP) is 4.53. The predicted molar refractivity (Wildman–Crippen MR) is 95.8 cm³/mol. The number of furan rings is 1. The zero-order chi connectivity index (χ0) is 16.4. The molecule has 0 N–H and O–H groups in total. The van der Waals surface area contributed by atoms with Crippen molar-refractivity contribution in [3.05, 3.63) is 88.0 Å². The van der Waals surface area contributed by atoms with Crippen LogP contribution in [-0.2, 0) is 11.2 Å². The second-order valence-electron chi connectivity index (χ2n) is 5.74. The quantitative estimate of drug-likeness (QED) is 0.659. The van der Waals surface area contributed by atoms with Crippen molar-refractivity contribution in [1.82, 2.24) is 4.90 Å². The molecule has 1 aliphatic rings. The number of hydrogen-bond donors (Lipinski definition) is 0. The third-order valence-electron chi connectivity index (χ3n) is 4.30. The summed E-state index contributed by atoms with van der Waals surface area (Å²) < 4.78 is 5.27. The Kier molecular flexibility index (Phi) is 4.05. The molecule has 1 atom stereocenters. The van der Waals surface area contributed by atoms with Crippen molar-refractivity contribution < 1.29 is 9.21 Å². The molecule has 120 valence electrons. The van der Waals surface area contributed by atoms with Gasteiger partial charge in [0, 0.05) is 17.5 Å². The summed E-state index contributed by atoms with van der Waals surface area (Å²) in [6.45, 7) is 0.731. The van der Waals surface area contributed by atoms with Crippen LogP contribution >= 0.6 is 11.3 Å². The van der Waals surface area contributed by atoms with E-state index < -0.39 is 0 Å². The lowest BCUT2D eigenvalue weighted by atomic mass is 9.93. The number of amides is 1. The third kappa shape index (κ3) is 2.81. The van der Waals surface area contributed by atoms with Crippen molar-refractivity contribution >= 4 is 23.3 Å². The highest BCUT2D eigenvalue weighted by Gasteiger charge is 2.31. The maximum absolute atomic E-state index is 12.8. The maximum Gasteiger partial charge on any atom is 0.247 e. The summed E-state index contributed by atoms with van der Waals surface area (Å²) in [6.07, 6.45) is 5.85. The Balaban J connectivity index is 1.67. The normalized spacial score (nSPS) is 17.2. The fraction of sp³-hybridized carbons (Fsp3) is 0.150. The van der Waals surface area contributed by atoms with Gasteiger partial charge in [-0.25, -0.2) is 0 Å². The molecule has 0 bridgehead atoms. The lowest BCUT2D eigenvalue weighted by Gasteiger charge is -2.35. The highest BCUT2D eigenvalue weighted by molar-refractivity contribution is 7.10. The first-order valence-electron chi connectivity index (χ1n) is 7.96. The molecule has 4 rings (SSSR count). The summed E-state index contributed by atoms with van der Waals surface area (Å²) in [4.78, 5) is 16.1. The van der Waals surface area contributed by atoms with Crippen LogP contribution in [0.3, 0.4) is 0 Å². The van der Waals surface area contributed by atoms with Gasteiger partial charge in [0.1, 0.15) is 5.76 Å². The summed E-state index contributed by atoms with van der Waals surface area (Å²) >= 11 is 1.78. The Morgan fingerprint density at radius 2 is 2.04 bits per heavy atom. The van der Waals surface area contributed by atoms with Gasteiger partial charge in [0.05, 0.1) is 12.3 Å². The second kappa shape index (κ2) is 6.49. The smallest absolute Gasteiger partial charge is 0.247 e. The summed E-state index contributed by atoms with van der Waals surface area (Å²) in [6, 6.07) is 16.0. The molecule has 3 heterocycles. The van der Waals surface area contributed by atoms with E-state index in [0.717, 1.165) is 18.5 Å². The van der Waals surface area contributed by atoms with Crippen LogP contribution < -0.4 is 0 Å². The average molecular weight is 335 g/mol. The van der Waals surface area contributed by atoms with E-state index in [1.807, 2.05) is 35.2 Å². The summed E-state index contributed by atoms with van der Waals surface area (Å²) in [5.41, 5.74) is 2.40. The van der Waals surface area contributed by atoms with Gasteiger partial charge in [-0.05, 0) is 47.2 Å². The SMILES string of the molecule is O=C(/C=C/c1ccco1)N1CCc2sccc2C1c1ccccc1. The molecule has 1 unspecified atom stereocenters. The van der Waals surface area contributed by atoms with Crippen molar-refractivity contribution in [1.29, 1.82) is 0 Å².